The van der Waals surface area contributed by atoms with Crippen LogP contribution in [-0.4, -0.2) is 31.6 Å². The lowest BCUT2D eigenvalue weighted by Gasteiger charge is -2.22. The molecule has 2 aromatic carbocycles. The van der Waals surface area contributed by atoms with E-state index in [0.29, 0.717) is 11.6 Å². The summed E-state index contributed by atoms with van der Waals surface area (Å²) in [7, 11) is -3.93. The number of sulfonamides is 1. The lowest BCUT2D eigenvalue weighted by Crippen LogP contribution is -2.16. The van der Waals surface area contributed by atoms with Gasteiger partial charge in [0.15, 0.2) is 0 Å². The van der Waals surface area contributed by atoms with Gasteiger partial charge in [-0.05, 0) is 42.5 Å². The maximum absolute atomic E-state index is 12.8. The van der Waals surface area contributed by atoms with E-state index in [4.69, 9.17) is 5.11 Å². The fourth-order valence-electron chi connectivity index (χ4n) is 3.63. The molecule has 0 aromatic heterocycles. The van der Waals surface area contributed by atoms with Gasteiger partial charge in [-0.2, -0.15) is 0 Å². The molecule has 2 aromatic rings. The third-order valence-electron chi connectivity index (χ3n) is 5.15. The van der Waals surface area contributed by atoms with Crippen LogP contribution < -0.4 is 10.0 Å². The Morgan fingerprint density at radius 2 is 1.72 bits per heavy atom. The Morgan fingerprint density at radius 3 is 2.34 bits per heavy atom. The summed E-state index contributed by atoms with van der Waals surface area (Å²) in [5.41, 5.74) is 1.32. The zero-order chi connectivity index (χ0) is 20.9. The van der Waals surface area contributed by atoms with Crippen molar-refractivity contribution in [2.75, 3.05) is 23.2 Å². The van der Waals surface area contributed by atoms with Crippen molar-refractivity contribution < 1.29 is 18.4 Å². The number of nitrogens with one attached hydrogen (secondary N) is 2. The molecule has 3 N–H and O–H groups in total. The molecule has 0 bridgehead atoms. The molecule has 8 nitrogen and oxygen atoms in total. The van der Waals surface area contributed by atoms with E-state index in [1.165, 1.54) is 31.4 Å². The molecule has 156 valence electrons. The number of aliphatic hydroxyl groups is 1. The number of rotatable bonds is 8. The summed E-state index contributed by atoms with van der Waals surface area (Å²) in [5, 5.41) is 22.9. The lowest BCUT2D eigenvalue weighted by atomic mass is 9.84. The van der Waals surface area contributed by atoms with Crippen molar-refractivity contribution in [3.8, 4) is 0 Å². The average Bonchev–Trinajstić information content (AvgIpc) is 2.73. The molecule has 0 amide bonds. The van der Waals surface area contributed by atoms with Crippen LogP contribution in [0.4, 0.5) is 17.1 Å². The SMILES string of the molecule is O=[N+]([O-])c1ccc(NCCO)c(NS(=O)(=O)c2ccc(C3CCCCC3)cc2)c1. The highest BCUT2D eigenvalue weighted by Gasteiger charge is 2.20. The van der Waals surface area contributed by atoms with E-state index in [2.05, 4.69) is 10.0 Å². The summed E-state index contributed by atoms with van der Waals surface area (Å²) in [6, 6.07) is 10.7. The van der Waals surface area contributed by atoms with Gasteiger partial charge in [0.05, 0.1) is 27.8 Å². The van der Waals surface area contributed by atoms with Crippen molar-refractivity contribution in [1.29, 1.82) is 0 Å². The zero-order valence-corrected chi connectivity index (χ0v) is 16.8. The van der Waals surface area contributed by atoms with Gasteiger partial charge in [-0.3, -0.25) is 14.8 Å². The first kappa shape index (κ1) is 21.1. The number of anilines is 2. The molecule has 1 aliphatic rings. The fraction of sp³-hybridized carbons (Fsp3) is 0.400. The molecule has 0 aliphatic heterocycles. The van der Waals surface area contributed by atoms with Gasteiger partial charge in [-0.25, -0.2) is 8.42 Å². The van der Waals surface area contributed by atoms with Crippen LogP contribution in [0.15, 0.2) is 47.4 Å². The van der Waals surface area contributed by atoms with Gasteiger partial charge in [0.25, 0.3) is 15.7 Å². The van der Waals surface area contributed by atoms with Gasteiger partial charge in [-0.1, -0.05) is 31.4 Å². The molecule has 0 spiro atoms. The Morgan fingerprint density at radius 1 is 1.03 bits per heavy atom. The van der Waals surface area contributed by atoms with Crippen LogP contribution in [0, 0.1) is 10.1 Å². The number of nitrogens with zero attached hydrogens (tertiary/aromatic N) is 1. The quantitative estimate of drug-likeness (QED) is 0.441. The van der Waals surface area contributed by atoms with E-state index < -0.39 is 14.9 Å². The normalized spacial score (nSPS) is 15.1. The molecule has 0 unspecified atom stereocenters. The summed E-state index contributed by atoms with van der Waals surface area (Å²) < 4.78 is 28.1. The van der Waals surface area contributed by atoms with Gasteiger partial charge in [0.2, 0.25) is 0 Å². The highest BCUT2D eigenvalue weighted by atomic mass is 32.2. The van der Waals surface area contributed by atoms with Gasteiger partial charge in [-0.15, -0.1) is 0 Å². The number of aliphatic hydroxyl groups excluding tert-OH is 1. The van der Waals surface area contributed by atoms with Crippen LogP contribution in [0.3, 0.4) is 0 Å². The zero-order valence-electron chi connectivity index (χ0n) is 16.0. The molecule has 1 saturated carbocycles. The monoisotopic (exact) mass is 419 g/mol. The van der Waals surface area contributed by atoms with Crippen molar-refractivity contribution in [2.24, 2.45) is 0 Å². The number of hydrogen-bond donors (Lipinski definition) is 3. The maximum atomic E-state index is 12.8. The predicted octanol–water partition coefficient (Wildman–Crippen LogP) is 3.85. The molecule has 3 rings (SSSR count). The minimum absolute atomic E-state index is 0.0593. The second-order valence-corrected chi connectivity index (χ2v) is 8.83. The standard InChI is InChI=1S/C20H25N3O5S/c24-13-12-21-19-11-8-17(23(25)26)14-20(19)22-29(27,28)18-9-6-16(7-10-18)15-4-2-1-3-5-15/h6-11,14-15,21-22,24H,1-5,12-13H2. The molecule has 0 saturated heterocycles. The molecule has 0 atom stereocenters. The molecule has 0 heterocycles. The molecule has 1 fully saturated rings. The first-order chi connectivity index (χ1) is 13.9. The second-order valence-electron chi connectivity index (χ2n) is 7.15. The molecule has 0 radical (unpaired) electrons. The smallest absolute Gasteiger partial charge is 0.271 e. The van der Waals surface area contributed by atoms with Crippen molar-refractivity contribution in [3.05, 3.63) is 58.1 Å². The van der Waals surface area contributed by atoms with E-state index in [1.807, 2.05) is 12.1 Å². The van der Waals surface area contributed by atoms with Crippen molar-refractivity contribution in [1.82, 2.24) is 0 Å². The first-order valence-electron chi connectivity index (χ1n) is 9.66. The number of nitro benzene ring substituents is 1. The summed E-state index contributed by atoms with van der Waals surface area (Å²) in [4.78, 5) is 10.6. The first-order valence-corrected chi connectivity index (χ1v) is 11.1. The third kappa shape index (κ3) is 5.24. The van der Waals surface area contributed by atoms with Crippen LogP contribution in [-0.2, 0) is 10.0 Å². The van der Waals surface area contributed by atoms with E-state index in [9.17, 15) is 18.5 Å². The second kappa shape index (κ2) is 9.23. The highest BCUT2D eigenvalue weighted by molar-refractivity contribution is 7.92. The van der Waals surface area contributed by atoms with E-state index in [-0.39, 0.29) is 29.4 Å². The topological polar surface area (TPSA) is 122 Å². The Balaban J connectivity index is 1.84. The minimum atomic E-state index is -3.93. The number of hydrogen-bond acceptors (Lipinski definition) is 6. The van der Waals surface area contributed by atoms with Crippen molar-refractivity contribution in [3.63, 3.8) is 0 Å². The van der Waals surface area contributed by atoms with E-state index >= 15 is 0 Å². The lowest BCUT2D eigenvalue weighted by molar-refractivity contribution is -0.384. The van der Waals surface area contributed by atoms with Crippen LogP contribution in [0.1, 0.15) is 43.6 Å². The summed E-state index contributed by atoms with van der Waals surface area (Å²) in [5.74, 6) is 0.472. The van der Waals surface area contributed by atoms with Crippen LogP contribution in [0.2, 0.25) is 0 Å². The summed E-state index contributed by atoms with van der Waals surface area (Å²) >= 11 is 0. The van der Waals surface area contributed by atoms with E-state index in [0.717, 1.165) is 24.5 Å². The Hall–Kier alpha value is -2.65. The van der Waals surface area contributed by atoms with Gasteiger partial charge in [0, 0.05) is 18.7 Å². The highest BCUT2D eigenvalue weighted by Crippen LogP contribution is 2.33. The fourth-order valence-corrected chi connectivity index (χ4v) is 4.70. The molecular formula is C20H25N3O5S. The van der Waals surface area contributed by atoms with Crippen molar-refractivity contribution >= 4 is 27.1 Å². The summed E-state index contributed by atoms with van der Waals surface area (Å²) in [6.45, 7) is 0.0223. The van der Waals surface area contributed by atoms with Crippen molar-refractivity contribution in [2.45, 2.75) is 42.9 Å². The Kier molecular flexibility index (Phi) is 6.71. The molecule has 29 heavy (non-hydrogen) atoms. The van der Waals surface area contributed by atoms with Gasteiger partial charge < -0.3 is 10.4 Å². The summed E-state index contributed by atoms with van der Waals surface area (Å²) in [6.07, 6.45) is 5.89. The van der Waals surface area contributed by atoms with Gasteiger partial charge in [0.1, 0.15) is 0 Å². The van der Waals surface area contributed by atoms with Gasteiger partial charge >= 0.3 is 0 Å². The minimum Gasteiger partial charge on any atom is -0.395 e. The van der Waals surface area contributed by atoms with Crippen LogP contribution in [0.5, 0.6) is 0 Å². The average molecular weight is 420 g/mol. The molecular weight excluding hydrogens is 394 g/mol. The maximum Gasteiger partial charge on any atom is 0.271 e. The van der Waals surface area contributed by atoms with Crippen LogP contribution in [0.25, 0.3) is 0 Å². The Labute approximate surface area is 170 Å². The Bertz CT molecular complexity index is 955. The molecule has 1 aliphatic carbocycles. The predicted molar refractivity (Wildman–Crippen MR) is 112 cm³/mol. The van der Waals surface area contributed by atoms with E-state index in [1.54, 1.807) is 12.1 Å². The molecule has 9 heteroatoms. The third-order valence-corrected chi connectivity index (χ3v) is 6.53. The number of nitro groups is 1. The van der Waals surface area contributed by atoms with Crippen LogP contribution >= 0.6 is 0 Å². The number of benzene rings is 2. The number of non-ortho nitro benzene ring substituents is 1. The largest absolute Gasteiger partial charge is 0.395 e.